The highest BCUT2D eigenvalue weighted by molar-refractivity contribution is 6.03. The molecule has 2 amide bonds. The van der Waals surface area contributed by atoms with Crippen molar-refractivity contribution in [1.29, 1.82) is 0 Å². The van der Waals surface area contributed by atoms with Gasteiger partial charge in [0.15, 0.2) is 0 Å². The molecule has 0 fully saturated rings. The largest absolute Gasteiger partial charge is 0.366 e. The summed E-state index contributed by atoms with van der Waals surface area (Å²) in [6.45, 7) is 1.84. The summed E-state index contributed by atoms with van der Waals surface area (Å²) in [7, 11) is 0. The number of amides is 2. The standard InChI is InChI=1S/C20H18FN5O2/c1-13(27)25-16-3-2-4-17(9-16)26-20(28)18-10-19(24-12-23-18)22-11-14-5-7-15(21)8-6-14/h2-10,12H,11H2,1H3,(H,25,27)(H,26,28)(H,22,23,24). The molecule has 0 saturated heterocycles. The molecule has 142 valence electrons. The van der Waals surface area contributed by atoms with Gasteiger partial charge in [-0.15, -0.1) is 0 Å². The Hall–Kier alpha value is -3.81. The van der Waals surface area contributed by atoms with Crippen molar-refractivity contribution < 1.29 is 14.0 Å². The van der Waals surface area contributed by atoms with E-state index in [1.165, 1.54) is 31.5 Å². The first-order valence-corrected chi connectivity index (χ1v) is 8.49. The molecule has 3 N–H and O–H groups in total. The Morgan fingerprint density at radius 2 is 1.68 bits per heavy atom. The summed E-state index contributed by atoms with van der Waals surface area (Å²) in [4.78, 5) is 31.7. The molecule has 28 heavy (non-hydrogen) atoms. The van der Waals surface area contributed by atoms with Gasteiger partial charge in [0.05, 0.1) is 0 Å². The van der Waals surface area contributed by atoms with Crippen LogP contribution < -0.4 is 16.0 Å². The van der Waals surface area contributed by atoms with Crippen molar-refractivity contribution in [3.05, 3.63) is 78.0 Å². The smallest absolute Gasteiger partial charge is 0.274 e. The van der Waals surface area contributed by atoms with Crippen LogP contribution in [0.1, 0.15) is 23.0 Å². The lowest BCUT2D eigenvalue weighted by Crippen LogP contribution is -2.15. The van der Waals surface area contributed by atoms with Crippen molar-refractivity contribution in [2.24, 2.45) is 0 Å². The van der Waals surface area contributed by atoms with E-state index in [2.05, 4.69) is 25.9 Å². The lowest BCUT2D eigenvalue weighted by Gasteiger charge is -2.09. The van der Waals surface area contributed by atoms with Crippen LogP contribution in [-0.2, 0) is 11.3 Å². The van der Waals surface area contributed by atoms with E-state index < -0.39 is 5.91 Å². The summed E-state index contributed by atoms with van der Waals surface area (Å²) in [6, 6.07) is 14.4. The van der Waals surface area contributed by atoms with Gasteiger partial charge in [0.25, 0.3) is 5.91 Å². The lowest BCUT2D eigenvalue weighted by atomic mass is 10.2. The van der Waals surface area contributed by atoms with Crippen LogP contribution in [0.5, 0.6) is 0 Å². The number of halogens is 1. The molecule has 0 radical (unpaired) electrons. The Bertz CT molecular complexity index is 992. The first kappa shape index (κ1) is 19.0. The van der Waals surface area contributed by atoms with Gasteiger partial charge in [-0.1, -0.05) is 18.2 Å². The van der Waals surface area contributed by atoms with Crippen LogP contribution in [0.3, 0.4) is 0 Å². The summed E-state index contributed by atoms with van der Waals surface area (Å²) in [5.41, 5.74) is 2.16. The van der Waals surface area contributed by atoms with Gasteiger partial charge in [-0.3, -0.25) is 9.59 Å². The molecule has 0 spiro atoms. The van der Waals surface area contributed by atoms with Gasteiger partial charge in [0.2, 0.25) is 5.91 Å². The highest BCUT2D eigenvalue weighted by Gasteiger charge is 2.10. The molecule has 0 aliphatic carbocycles. The van der Waals surface area contributed by atoms with Crippen molar-refractivity contribution in [1.82, 2.24) is 9.97 Å². The fourth-order valence-corrected chi connectivity index (χ4v) is 2.45. The van der Waals surface area contributed by atoms with E-state index in [4.69, 9.17) is 0 Å². The second-order valence-corrected chi connectivity index (χ2v) is 5.98. The van der Waals surface area contributed by atoms with Crippen molar-refractivity contribution in [3.8, 4) is 0 Å². The minimum atomic E-state index is -0.410. The van der Waals surface area contributed by atoms with Crippen LogP contribution in [0, 0.1) is 5.82 Å². The Morgan fingerprint density at radius 3 is 2.39 bits per heavy atom. The molecule has 0 unspecified atom stereocenters. The molecule has 3 rings (SSSR count). The number of hydrogen-bond donors (Lipinski definition) is 3. The van der Waals surface area contributed by atoms with Crippen LogP contribution in [0.2, 0.25) is 0 Å². The van der Waals surface area contributed by atoms with Crippen LogP contribution in [0.15, 0.2) is 60.9 Å². The molecule has 1 aromatic heterocycles. The Labute approximate surface area is 161 Å². The predicted molar refractivity (Wildman–Crippen MR) is 104 cm³/mol. The molecule has 1 heterocycles. The monoisotopic (exact) mass is 379 g/mol. The van der Waals surface area contributed by atoms with Crippen molar-refractivity contribution in [2.75, 3.05) is 16.0 Å². The molecular weight excluding hydrogens is 361 g/mol. The molecule has 2 aromatic carbocycles. The van der Waals surface area contributed by atoms with Crippen LogP contribution in [0.4, 0.5) is 21.6 Å². The zero-order valence-corrected chi connectivity index (χ0v) is 15.1. The SMILES string of the molecule is CC(=O)Nc1cccc(NC(=O)c2cc(NCc3ccc(F)cc3)ncn2)c1. The van der Waals surface area contributed by atoms with E-state index in [1.54, 1.807) is 36.4 Å². The highest BCUT2D eigenvalue weighted by atomic mass is 19.1. The van der Waals surface area contributed by atoms with E-state index in [0.717, 1.165) is 5.56 Å². The molecule has 8 heteroatoms. The van der Waals surface area contributed by atoms with Crippen LogP contribution in [0.25, 0.3) is 0 Å². The van der Waals surface area contributed by atoms with Crippen LogP contribution >= 0.6 is 0 Å². The average molecular weight is 379 g/mol. The number of rotatable bonds is 6. The Kier molecular flexibility index (Phi) is 5.91. The van der Waals surface area contributed by atoms with Gasteiger partial charge >= 0.3 is 0 Å². The van der Waals surface area contributed by atoms with E-state index >= 15 is 0 Å². The first-order chi connectivity index (χ1) is 13.5. The normalized spacial score (nSPS) is 10.2. The number of benzene rings is 2. The Morgan fingerprint density at radius 1 is 0.964 bits per heavy atom. The van der Waals surface area contributed by atoms with Gasteiger partial charge in [-0.05, 0) is 35.9 Å². The van der Waals surface area contributed by atoms with Gasteiger partial charge in [0.1, 0.15) is 23.7 Å². The van der Waals surface area contributed by atoms with E-state index in [-0.39, 0.29) is 17.4 Å². The zero-order chi connectivity index (χ0) is 19.9. The maximum Gasteiger partial charge on any atom is 0.274 e. The van der Waals surface area contributed by atoms with Crippen molar-refractivity contribution >= 4 is 29.0 Å². The maximum atomic E-state index is 13.0. The third kappa shape index (κ3) is 5.34. The highest BCUT2D eigenvalue weighted by Crippen LogP contribution is 2.16. The third-order valence-corrected chi connectivity index (χ3v) is 3.73. The number of hydrogen-bond acceptors (Lipinski definition) is 5. The minimum absolute atomic E-state index is 0.182. The molecule has 0 aliphatic heterocycles. The average Bonchev–Trinajstić information content (AvgIpc) is 2.67. The maximum absolute atomic E-state index is 13.0. The number of anilines is 3. The number of carbonyl (C=O) groups is 2. The molecule has 0 saturated carbocycles. The number of nitrogens with one attached hydrogen (secondary N) is 3. The fourth-order valence-electron chi connectivity index (χ4n) is 2.45. The van der Waals surface area contributed by atoms with Crippen LogP contribution in [-0.4, -0.2) is 21.8 Å². The summed E-state index contributed by atoms with van der Waals surface area (Å²) < 4.78 is 13.0. The van der Waals surface area contributed by atoms with Gasteiger partial charge in [-0.25, -0.2) is 14.4 Å². The van der Waals surface area contributed by atoms with Crippen molar-refractivity contribution in [2.45, 2.75) is 13.5 Å². The van der Waals surface area contributed by atoms with E-state index in [1.807, 2.05) is 0 Å². The van der Waals surface area contributed by atoms with E-state index in [9.17, 15) is 14.0 Å². The number of nitrogens with zero attached hydrogens (tertiary/aromatic N) is 2. The Balaban J connectivity index is 1.65. The molecule has 0 aliphatic rings. The molecule has 7 nitrogen and oxygen atoms in total. The molecular formula is C20H18FN5O2. The molecule has 3 aromatic rings. The topological polar surface area (TPSA) is 96.0 Å². The minimum Gasteiger partial charge on any atom is -0.366 e. The second-order valence-electron chi connectivity index (χ2n) is 5.98. The predicted octanol–water partition coefficient (Wildman–Crippen LogP) is 3.44. The van der Waals surface area contributed by atoms with Gasteiger partial charge in [-0.2, -0.15) is 0 Å². The first-order valence-electron chi connectivity index (χ1n) is 8.49. The second kappa shape index (κ2) is 8.72. The molecule has 0 bridgehead atoms. The number of carbonyl (C=O) groups excluding carboxylic acids is 2. The van der Waals surface area contributed by atoms with Gasteiger partial charge < -0.3 is 16.0 Å². The quantitative estimate of drug-likeness (QED) is 0.610. The number of aromatic nitrogens is 2. The van der Waals surface area contributed by atoms with Crippen molar-refractivity contribution in [3.63, 3.8) is 0 Å². The summed E-state index contributed by atoms with van der Waals surface area (Å²) in [6.07, 6.45) is 1.29. The summed E-state index contributed by atoms with van der Waals surface area (Å²) in [5, 5.41) is 8.45. The summed E-state index contributed by atoms with van der Waals surface area (Å²) >= 11 is 0. The van der Waals surface area contributed by atoms with E-state index in [0.29, 0.717) is 23.7 Å². The summed E-state index contributed by atoms with van der Waals surface area (Å²) in [5.74, 6) is -0.438. The fraction of sp³-hybridized carbons (Fsp3) is 0.100. The lowest BCUT2D eigenvalue weighted by molar-refractivity contribution is -0.114. The van der Waals surface area contributed by atoms with Gasteiger partial charge in [0, 0.05) is 30.9 Å². The third-order valence-electron chi connectivity index (χ3n) is 3.73. The zero-order valence-electron chi connectivity index (χ0n) is 15.1. The molecule has 0 atom stereocenters.